The molecule has 0 saturated carbocycles. The summed E-state index contributed by atoms with van der Waals surface area (Å²) in [5.74, 6) is 0.915. The topological polar surface area (TPSA) is 53.1 Å². The van der Waals surface area contributed by atoms with Crippen molar-refractivity contribution in [2.75, 3.05) is 6.61 Å². The predicted octanol–water partition coefficient (Wildman–Crippen LogP) is 3.32. The molecule has 4 heteroatoms. The van der Waals surface area contributed by atoms with Crippen LogP contribution in [0.5, 0.6) is 5.75 Å². The molecule has 114 valence electrons. The van der Waals surface area contributed by atoms with Crippen molar-refractivity contribution in [3.63, 3.8) is 0 Å². The minimum absolute atomic E-state index is 0.0100. The number of rotatable bonds is 8. The maximum Gasteiger partial charge on any atom is 0.119 e. The first-order chi connectivity index (χ1) is 10.2. The van der Waals surface area contributed by atoms with Gasteiger partial charge in [0, 0.05) is 18.8 Å². The molecule has 21 heavy (non-hydrogen) atoms. The Morgan fingerprint density at radius 3 is 2.62 bits per heavy atom. The zero-order chi connectivity index (χ0) is 15.1. The van der Waals surface area contributed by atoms with Crippen LogP contribution in [-0.2, 0) is 13.0 Å². The smallest absolute Gasteiger partial charge is 0.119 e. The van der Waals surface area contributed by atoms with E-state index in [1.165, 1.54) is 5.56 Å². The Hall–Kier alpha value is -1.81. The number of aromatic nitrogens is 2. The summed E-state index contributed by atoms with van der Waals surface area (Å²) >= 11 is 0. The number of aryl methyl sites for hydroxylation is 1. The number of hydrogen-bond acceptors (Lipinski definition) is 3. The molecule has 1 heterocycles. The van der Waals surface area contributed by atoms with Crippen LogP contribution in [0.4, 0.5) is 0 Å². The van der Waals surface area contributed by atoms with Crippen molar-refractivity contribution in [2.45, 2.75) is 45.7 Å². The Morgan fingerprint density at radius 2 is 2.00 bits per heavy atom. The maximum atomic E-state index is 6.27. The Labute approximate surface area is 126 Å². The van der Waals surface area contributed by atoms with E-state index in [4.69, 9.17) is 10.5 Å². The van der Waals surface area contributed by atoms with Crippen LogP contribution in [0.2, 0.25) is 0 Å². The summed E-state index contributed by atoms with van der Waals surface area (Å²) in [6, 6.07) is 8.09. The van der Waals surface area contributed by atoms with Gasteiger partial charge in [-0.25, -0.2) is 0 Å². The zero-order valence-corrected chi connectivity index (χ0v) is 13.0. The van der Waals surface area contributed by atoms with Gasteiger partial charge in [0.15, 0.2) is 0 Å². The van der Waals surface area contributed by atoms with Crippen molar-refractivity contribution in [1.82, 2.24) is 9.78 Å². The van der Waals surface area contributed by atoms with Gasteiger partial charge in [0.05, 0.1) is 12.8 Å². The van der Waals surface area contributed by atoms with Gasteiger partial charge in [-0.1, -0.05) is 25.5 Å². The van der Waals surface area contributed by atoms with E-state index in [1.807, 2.05) is 23.0 Å². The molecule has 0 radical (unpaired) electrons. The van der Waals surface area contributed by atoms with Gasteiger partial charge in [0.25, 0.3) is 0 Å². The summed E-state index contributed by atoms with van der Waals surface area (Å²) in [7, 11) is 0. The van der Waals surface area contributed by atoms with Crippen molar-refractivity contribution in [2.24, 2.45) is 5.73 Å². The molecule has 2 rings (SSSR count). The van der Waals surface area contributed by atoms with Gasteiger partial charge in [0.2, 0.25) is 0 Å². The molecule has 0 bridgehead atoms. The van der Waals surface area contributed by atoms with Crippen molar-refractivity contribution >= 4 is 0 Å². The van der Waals surface area contributed by atoms with Crippen molar-refractivity contribution in [3.05, 3.63) is 47.8 Å². The summed E-state index contributed by atoms with van der Waals surface area (Å²) in [4.78, 5) is 0. The average molecular weight is 287 g/mol. The third kappa shape index (κ3) is 4.60. The van der Waals surface area contributed by atoms with Gasteiger partial charge in [-0.2, -0.15) is 5.10 Å². The van der Waals surface area contributed by atoms with Crippen LogP contribution in [0.1, 0.15) is 43.9 Å². The molecule has 0 spiro atoms. The Morgan fingerprint density at radius 1 is 1.24 bits per heavy atom. The van der Waals surface area contributed by atoms with E-state index in [0.29, 0.717) is 0 Å². The van der Waals surface area contributed by atoms with Crippen LogP contribution in [-0.4, -0.2) is 16.4 Å². The summed E-state index contributed by atoms with van der Waals surface area (Å²) in [6.45, 7) is 5.90. The Balaban J connectivity index is 1.91. The molecule has 0 amide bonds. The highest BCUT2D eigenvalue weighted by atomic mass is 16.5. The van der Waals surface area contributed by atoms with Gasteiger partial charge >= 0.3 is 0 Å². The second-order valence-corrected chi connectivity index (χ2v) is 5.29. The molecule has 2 N–H and O–H groups in total. The molecular weight excluding hydrogens is 262 g/mol. The largest absolute Gasteiger partial charge is 0.494 e. The van der Waals surface area contributed by atoms with Crippen LogP contribution in [0.25, 0.3) is 0 Å². The summed E-state index contributed by atoms with van der Waals surface area (Å²) in [5, 5.41) is 4.28. The fourth-order valence-electron chi connectivity index (χ4n) is 2.20. The molecule has 1 aromatic carbocycles. The molecular formula is C17H25N3O. The Kier molecular flexibility index (Phi) is 5.81. The lowest BCUT2D eigenvalue weighted by Crippen LogP contribution is -2.13. The number of nitrogens with two attached hydrogens (primary N) is 1. The average Bonchev–Trinajstić information content (AvgIpc) is 2.96. The number of ether oxygens (including phenoxy) is 1. The fourth-order valence-corrected chi connectivity index (χ4v) is 2.20. The summed E-state index contributed by atoms with van der Waals surface area (Å²) < 4.78 is 7.59. The molecule has 0 saturated heterocycles. The standard InChI is InChI=1S/C17H25N3O/c1-3-5-10-21-16-8-6-15(7-9-16)17(18)11-14-12-19-20(4-2)13-14/h6-9,12-13,17H,3-5,10-11,18H2,1-2H3. The fraction of sp³-hybridized carbons (Fsp3) is 0.471. The van der Waals surface area contributed by atoms with E-state index in [1.54, 1.807) is 0 Å². The highest BCUT2D eigenvalue weighted by Gasteiger charge is 2.09. The lowest BCUT2D eigenvalue weighted by Gasteiger charge is -2.12. The van der Waals surface area contributed by atoms with E-state index in [2.05, 4.69) is 37.3 Å². The van der Waals surface area contributed by atoms with Crippen LogP contribution in [0.3, 0.4) is 0 Å². The van der Waals surface area contributed by atoms with E-state index in [9.17, 15) is 0 Å². The SMILES string of the molecule is CCCCOc1ccc(C(N)Cc2cnn(CC)c2)cc1. The molecule has 4 nitrogen and oxygen atoms in total. The maximum absolute atomic E-state index is 6.27. The van der Waals surface area contributed by atoms with Gasteiger partial charge in [-0.15, -0.1) is 0 Å². The molecule has 0 fully saturated rings. The minimum atomic E-state index is -0.0100. The monoisotopic (exact) mass is 287 g/mol. The number of nitrogens with zero attached hydrogens (tertiary/aromatic N) is 2. The quantitative estimate of drug-likeness (QED) is 0.758. The van der Waals surface area contributed by atoms with E-state index >= 15 is 0 Å². The van der Waals surface area contributed by atoms with E-state index < -0.39 is 0 Å². The van der Waals surface area contributed by atoms with Gasteiger partial charge < -0.3 is 10.5 Å². The first kappa shape index (κ1) is 15.6. The molecule has 0 aliphatic heterocycles. The van der Waals surface area contributed by atoms with Crippen LogP contribution in [0, 0.1) is 0 Å². The van der Waals surface area contributed by atoms with Crippen LogP contribution < -0.4 is 10.5 Å². The normalized spacial score (nSPS) is 12.3. The van der Waals surface area contributed by atoms with Crippen molar-refractivity contribution < 1.29 is 4.74 Å². The second kappa shape index (κ2) is 7.84. The van der Waals surface area contributed by atoms with Gasteiger partial charge in [0.1, 0.15) is 5.75 Å². The van der Waals surface area contributed by atoms with Crippen LogP contribution >= 0.6 is 0 Å². The number of benzene rings is 1. The first-order valence-corrected chi connectivity index (χ1v) is 7.72. The molecule has 0 aliphatic rings. The minimum Gasteiger partial charge on any atom is -0.494 e. The molecule has 1 aromatic heterocycles. The van der Waals surface area contributed by atoms with Gasteiger partial charge in [-0.05, 0) is 43.0 Å². The molecule has 0 aliphatic carbocycles. The molecule has 1 atom stereocenters. The highest BCUT2D eigenvalue weighted by molar-refractivity contribution is 5.30. The predicted molar refractivity (Wildman–Crippen MR) is 85.4 cm³/mol. The molecule has 2 aromatic rings. The Bertz CT molecular complexity index is 533. The second-order valence-electron chi connectivity index (χ2n) is 5.29. The van der Waals surface area contributed by atoms with Gasteiger partial charge in [-0.3, -0.25) is 4.68 Å². The van der Waals surface area contributed by atoms with E-state index in [-0.39, 0.29) is 6.04 Å². The first-order valence-electron chi connectivity index (χ1n) is 7.72. The lowest BCUT2D eigenvalue weighted by atomic mass is 10.0. The highest BCUT2D eigenvalue weighted by Crippen LogP contribution is 2.19. The third-order valence-electron chi connectivity index (χ3n) is 3.54. The number of hydrogen-bond donors (Lipinski definition) is 1. The molecule has 1 unspecified atom stereocenters. The lowest BCUT2D eigenvalue weighted by molar-refractivity contribution is 0.309. The van der Waals surface area contributed by atoms with Crippen molar-refractivity contribution in [3.8, 4) is 5.75 Å². The number of unbranched alkanes of at least 4 members (excludes halogenated alkanes) is 1. The van der Waals surface area contributed by atoms with E-state index in [0.717, 1.165) is 43.7 Å². The van der Waals surface area contributed by atoms with Crippen molar-refractivity contribution in [1.29, 1.82) is 0 Å². The van der Waals surface area contributed by atoms with Crippen LogP contribution in [0.15, 0.2) is 36.7 Å². The third-order valence-corrected chi connectivity index (χ3v) is 3.54. The summed E-state index contributed by atoms with van der Waals surface area (Å²) in [5.41, 5.74) is 8.57. The summed E-state index contributed by atoms with van der Waals surface area (Å²) in [6.07, 6.45) is 6.99. The zero-order valence-electron chi connectivity index (χ0n) is 13.0.